The third kappa shape index (κ3) is 6.25. The minimum absolute atomic E-state index is 0.0618. The van der Waals surface area contributed by atoms with Crippen LogP contribution in [0.15, 0.2) is 47.9 Å². The minimum atomic E-state index is -0.0618. The van der Waals surface area contributed by atoms with Gasteiger partial charge in [-0.3, -0.25) is 9.98 Å². The summed E-state index contributed by atoms with van der Waals surface area (Å²) in [5.74, 6) is 0.363. The number of hydrogen-bond acceptors (Lipinski definition) is 5. The SMILES string of the molecule is Cc1cccnc1[C@@H]1CCC[C@H](C2N=CC=CC2C)N1CCCCNC(=O)c1c(Cl)cncc1C1C[I-]1. The summed E-state index contributed by atoms with van der Waals surface area (Å²) in [4.78, 5) is 29.6. The number of aliphatic imine (C=N–C) groups is 1. The number of likely N-dealkylation sites (tertiary alicyclic amines) is 1. The maximum atomic E-state index is 13.0. The number of carbonyl (C=O) groups is 1. The molecule has 5 heterocycles. The Balaban J connectivity index is 1.24. The first kappa shape index (κ1) is 26.8. The number of aryl methyl sites for hydroxylation is 1. The number of alkyl halides is 2. The van der Waals surface area contributed by atoms with Gasteiger partial charge in [-0.1, -0.05) is 19.1 Å². The van der Waals surface area contributed by atoms with Crippen LogP contribution < -0.4 is 26.5 Å². The van der Waals surface area contributed by atoms with E-state index < -0.39 is 0 Å². The van der Waals surface area contributed by atoms with Crippen molar-refractivity contribution >= 4 is 23.7 Å². The van der Waals surface area contributed by atoms with Gasteiger partial charge in [-0.2, -0.15) is 0 Å². The van der Waals surface area contributed by atoms with E-state index in [9.17, 15) is 4.79 Å². The monoisotopic (exact) mass is 632 g/mol. The van der Waals surface area contributed by atoms with E-state index in [1.165, 1.54) is 22.1 Å². The Hall–Kier alpha value is -1.84. The summed E-state index contributed by atoms with van der Waals surface area (Å²) in [5, 5.41) is 3.60. The van der Waals surface area contributed by atoms with Gasteiger partial charge in [0.1, 0.15) is 0 Å². The quantitative estimate of drug-likeness (QED) is 0.262. The number of aromatic nitrogens is 2. The number of nitrogens with one attached hydrogen (secondary N) is 1. The molecule has 37 heavy (non-hydrogen) atoms. The van der Waals surface area contributed by atoms with Crippen molar-refractivity contribution in [3.63, 3.8) is 0 Å². The number of hydrogen-bond donors (Lipinski definition) is 1. The van der Waals surface area contributed by atoms with Crippen molar-refractivity contribution in [1.82, 2.24) is 20.2 Å². The number of nitrogens with zero attached hydrogens (tertiary/aromatic N) is 4. The molecule has 1 amide bonds. The molecule has 8 heteroatoms. The molecule has 3 aliphatic rings. The van der Waals surface area contributed by atoms with Crippen LogP contribution in [0.5, 0.6) is 0 Å². The topological polar surface area (TPSA) is 70.5 Å². The van der Waals surface area contributed by atoms with Crippen LogP contribution >= 0.6 is 11.6 Å². The van der Waals surface area contributed by atoms with Crippen LogP contribution in [0.3, 0.4) is 0 Å². The van der Waals surface area contributed by atoms with Crippen LogP contribution in [0.4, 0.5) is 0 Å². The number of rotatable bonds is 9. The number of carbonyl (C=O) groups excluding carboxylic acids is 1. The number of unbranched alkanes of at least 4 members (excludes halogenated alkanes) is 1. The molecule has 6 nitrogen and oxygen atoms in total. The van der Waals surface area contributed by atoms with Gasteiger partial charge in [0, 0.05) is 12.4 Å². The average Bonchev–Trinajstić information content (AvgIpc) is 3.75. The summed E-state index contributed by atoms with van der Waals surface area (Å²) < 4.78 is 1.75. The van der Waals surface area contributed by atoms with E-state index in [1.54, 1.807) is 6.20 Å². The Morgan fingerprint density at radius 2 is 2.14 bits per heavy atom. The van der Waals surface area contributed by atoms with Crippen LogP contribution in [0.25, 0.3) is 0 Å². The van der Waals surface area contributed by atoms with Crippen molar-refractivity contribution in [2.24, 2.45) is 10.9 Å². The van der Waals surface area contributed by atoms with E-state index in [-0.39, 0.29) is 33.2 Å². The van der Waals surface area contributed by atoms with E-state index in [0.717, 1.165) is 37.8 Å². The standard InChI is InChI=1S/C29H36ClIN5O/c1-19-8-6-13-33-27(19)24-10-5-11-25(28-20(2)9-7-14-34-28)36(24)15-4-3-12-35-29(37)26-21(23-16-31-23)17-32-18-22(26)30/h6-9,13-14,17-19,23-25,27H,3-5,10-12,15-16H2,1-2H3,(H,35,37)/q-1/t19?,23?,24-,25+,27?/m1/s1. The fraction of sp³-hybridized carbons (Fsp3) is 0.517. The van der Waals surface area contributed by atoms with E-state index in [4.69, 9.17) is 21.6 Å². The molecule has 1 N–H and O–H groups in total. The molecule has 2 fully saturated rings. The van der Waals surface area contributed by atoms with Crippen molar-refractivity contribution in [3.05, 3.63) is 70.3 Å². The molecule has 0 bridgehead atoms. The Kier molecular flexibility index (Phi) is 8.93. The summed E-state index contributed by atoms with van der Waals surface area (Å²) in [6, 6.07) is 5.17. The van der Waals surface area contributed by atoms with E-state index in [1.807, 2.05) is 24.7 Å². The van der Waals surface area contributed by atoms with Crippen molar-refractivity contribution in [2.75, 3.05) is 17.5 Å². The zero-order valence-corrected chi connectivity index (χ0v) is 24.5. The predicted molar refractivity (Wildman–Crippen MR) is 145 cm³/mol. The van der Waals surface area contributed by atoms with E-state index in [0.29, 0.717) is 39.1 Å². The number of dihydropyridines is 1. The van der Waals surface area contributed by atoms with Crippen LogP contribution in [0.1, 0.15) is 76.2 Å². The molecule has 0 spiro atoms. The third-order valence-electron chi connectivity index (χ3n) is 7.79. The van der Waals surface area contributed by atoms with Crippen LogP contribution in [0, 0.1) is 12.8 Å². The molecular weight excluding hydrogens is 597 g/mol. The first-order chi connectivity index (χ1) is 18.0. The number of allylic oxidation sites excluding steroid dienone is 1. The number of piperidine rings is 1. The van der Waals surface area contributed by atoms with Crippen LogP contribution in [0.2, 0.25) is 5.02 Å². The molecule has 0 aromatic carbocycles. The van der Waals surface area contributed by atoms with Crippen LogP contribution in [-0.2, 0) is 0 Å². The first-order valence-corrected chi connectivity index (χ1v) is 16.6. The third-order valence-corrected chi connectivity index (χ3v) is 10.5. The average molecular weight is 633 g/mol. The predicted octanol–water partition coefficient (Wildman–Crippen LogP) is 2.33. The van der Waals surface area contributed by atoms with Crippen molar-refractivity contribution in [2.45, 2.75) is 68.0 Å². The molecule has 3 aliphatic heterocycles. The summed E-state index contributed by atoms with van der Waals surface area (Å²) >= 11 is 6.56. The second-order valence-corrected chi connectivity index (χ2v) is 14.0. The van der Waals surface area contributed by atoms with Crippen molar-refractivity contribution < 1.29 is 26.0 Å². The number of halogens is 2. The molecule has 5 rings (SSSR count). The Morgan fingerprint density at radius 3 is 2.92 bits per heavy atom. The van der Waals surface area contributed by atoms with Gasteiger partial charge in [-0.15, -0.1) is 0 Å². The molecule has 0 saturated carbocycles. The Bertz CT molecular complexity index is 1170. The van der Waals surface area contributed by atoms with Crippen molar-refractivity contribution in [3.8, 4) is 0 Å². The van der Waals surface area contributed by atoms with Gasteiger partial charge in [0.15, 0.2) is 0 Å². The molecule has 2 saturated heterocycles. The summed E-state index contributed by atoms with van der Waals surface area (Å²) in [5.41, 5.74) is 4.14. The second-order valence-electron chi connectivity index (χ2n) is 10.3. The molecular formula is C29H36ClIN5O-. The van der Waals surface area contributed by atoms with Gasteiger partial charge in [0.05, 0.1) is 0 Å². The molecule has 2 aromatic heterocycles. The van der Waals surface area contributed by atoms with Gasteiger partial charge < -0.3 is 0 Å². The first-order valence-electron chi connectivity index (χ1n) is 13.4. The molecule has 3 unspecified atom stereocenters. The molecule has 0 radical (unpaired) electrons. The second kappa shape index (κ2) is 12.3. The maximum absolute atomic E-state index is 13.0. The van der Waals surface area contributed by atoms with Gasteiger partial charge >= 0.3 is 158 Å². The Morgan fingerprint density at radius 1 is 1.27 bits per heavy atom. The van der Waals surface area contributed by atoms with Gasteiger partial charge in [-0.05, 0) is 37.0 Å². The van der Waals surface area contributed by atoms with Gasteiger partial charge in [0.2, 0.25) is 0 Å². The molecule has 2 aromatic rings. The van der Waals surface area contributed by atoms with Gasteiger partial charge in [0.25, 0.3) is 0 Å². The molecule has 198 valence electrons. The van der Waals surface area contributed by atoms with Gasteiger partial charge in [-0.25, -0.2) is 0 Å². The summed E-state index contributed by atoms with van der Waals surface area (Å²) in [6.45, 7) is 6.07. The zero-order valence-electron chi connectivity index (χ0n) is 21.6. The number of amides is 1. The van der Waals surface area contributed by atoms with E-state index >= 15 is 0 Å². The van der Waals surface area contributed by atoms with Crippen molar-refractivity contribution in [1.29, 1.82) is 0 Å². The van der Waals surface area contributed by atoms with E-state index in [2.05, 4.69) is 47.3 Å². The Labute approximate surface area is 235 Å². The summed E-state index contributed by atoms with van der Waals surface area (Å²) in [6.07, 6.45) is 17.1. The normalized spacial score (nSPS) is 27.5. The number of pyridine rings is 2. The fourth-order valence-corrected chi connectivity index (χ4v) is 7.76. The fourth-order valence-electron chi connectivity index (χ4n) is 5.83. The van der Waals surface area contributed by atoms with Crippen LogP contribution in [-0.4, -0.2) is 56.6 Å². The molecule has 0 aliphatic carbocycles. The molecule has 5 atom stereocenters. The zero-order chi connectivity index (χ0) is 25.8. The summed E-state index contributed by atoms with van der Waals surface area (Å²) in [7, 11) is 0.